The average molecular weight is 265 g/mol. The second-order valence-corrected chi connectivity index (χ2v) is 6.96. The quantitative estimate of drug-likeness (QED) is 0.888. The van der Waals surface area contributed by atoms with Crippen LogP contribution in [0.2, 0.25) is 0 Å². The Labute approximate surface area is 112 Å². The summed E-state index contributed by atoms with van der Waals surface area (Å²) in [6.07, 6.45) is 6.86. The summed E-state index contributed by atoms with van der Waals surface area (Å²) in [4.78, 5) is 0. The molecular weight excluding hydrogens is 242 g/mol. The molecular formula is C15H23NOS. The van der Waals surface area contributed by atoms with Gasteiger partial charge in [0.05, 0.1) is 5.25 Å². The SMILES string of the molecule is NCCC(c1ccccc1)S(=O)C1CCCCC1. The topological polar surface area (TPSA) is 43.1 Å². The molecule has 1 aromatic rings. The van der Waals surface area contributed by atoms with Crippen molar-refractivity contribution in [2.24, 2.45) is 5.73 Å². The van der Waals surface area contributed by atoms with Crippen LogP contribution in [0, 0.1) is 0 Å². The van der Waals surface area contributed by atoms with Crippen LogP contribution in [0.15, 0.2) is 30.3 Å². The Morgan fingerprint density at radius 3 is 2.44 bits per heavy atom. The van der Waals surface area contributed by atoms with Crippen molar-refractivity contribution < 1.29 is 4.21 Å². The maximum Gasteiger partial charge on any atom is 0.0611 e. The number of benzene rings is 1. The minimum atomic E-state index is -0.775. The molecule has 1 aromatic carbocycles. The fraction of sp³-hybridized carbons (Fsp3) is 0.600. The van der Waals surface area contributed by atoms with Crippen molar-refractivity contribution in [2.45, 2.75) is 49.0 Å². The molecule has 0 aromatic heterocycles. The molecule has 2 unspecified atom stereocenters. The van der Waals surface area contributed by atoms with Crippen LogP contribution in [0.25, 0.3) is 0 Å². The van der Waals surface area contributed by atoms with Gasteiger partial charge in [-0.1, -0.05) is 49.6 Å². The summed E-state index contributed by atoms with van der Waals surface area (Å²) < 4.78 is 12.7. The minimum absolute atomic E-state index is 0.124. The molecule has 2 rings (SSSR count). The van der Waals surface area contributed by atoms with E-state index >= 15 is 0 Å². The van der Waals surface area contributed by atoms with E-state index in [1.54, 1.807) is 0 Å². The third kappa shape index (κ3) is 3.42. The van der Waals surface area contributed by atoms with Gasteiger partial charge in [0, 0.05) is 16.0 Å². The van der Waals surface area contributed by atoms with Crippen LogP contribution in [-0.4, -0.2) is 16.0 Å². The molecule has 0 bridgehead atoms. The first-order chi connectivity index (χ1) is 8.83. The third-order valence-electron chi connectivity index (χ3n) is 3.76. The first kappa shape index (κ1) is 13.8. The highest BCUT2D eigenvalue weighted by Gasteiger charge is 2.27. The summed E-state index contributed by atoms with van der Waals surface area (Å²) in [5.41, 5.74) is 6.89. The lowest BCUT2D eigenvalue weighted by atomic mass is 10.0. The Morgan fingerprint density at radius 1 is 1.17 bits per heavy atom. The van der Waals surface area contributed by atoms with Crippen molar-refractivity contribution in [3.05, 3.63) is 35.9 Å². The van der Waals surface area contributed by atoms with E-state index in [1.165, 1.54) is 24.8 Å². The van der Waals surface area contributed by atoms with Gasteiger partial charge in [-0.2, -0.15) is 0 Å². The molecule has 0 radical (unpaired) electrons. The Bertz CT molecular complexity index is 373. The number of hydrogen-bond acceptors (Lipinski definition) is 2. The zero-order chi connectivity index (χ0) is 12.8. The van der Waals surface area contributed by atoms with Gasteiger partial charge in [-0.25, -0.2) is 0 Å². The van der Waals surface area contributed by atoms with Gasteiger partial charge in [-0.3, -0.25) is 4.21 Å². The van der Waals surface area contributed by atoms with Crippen molar-refractivity contribution in [1.82, 2.24) is 0 Å². The van der Waals surface area contributed by atoms with E-state index in [2.05, 4.69) is 12.1 Å². The fourth-order valence-electron chi connectivity index (χ4n) is 2.77. The molecule has 100 valence electrons. The number of rotatable bonds is 5. The van der Waals surface area contributed by atoms with Gasteiger partial charge < -0.3 is 5.73 Å². The average Bonchev–Trinajstić information content (AvgIpc) is 2.46. The van der Waals surface area contributed by atoms with E-state index in [0.29, 0.717) is 11.8 Å². The van der Waals surface area contributed by atoms with Gasteiger partial charge in [0.1, 0.15) is 0 Å². The summed E-state index contributed by atoms with van der Waals surface area (Å²) in [5.74, 6) is 0. The van der Waals surface area contributed by atoms with Crippen LogP contribution in [0.1, 0.15) is 49.3 Å². The summed E-state index contributed by atoms with van der Waals surface area (Å²) in [6, 6.07) is 10.2. The minimum Gasteiger partial charge on any atom is -0.330 e. The molecule has 2 nitrogen and oxygen atoms in total. The van der Waals surface area contributed by atoms with Gasteiger partial charge in [0.2, 0.25) is 0 Å². The third-order valence-corrected chi connectivity index (χ3v) is 5.96. The first-order valence-electron chi connectivity index (χ1n) is 6.97. The van der Waals surface area contributed by atoms with E-state index < -0.39 is 10.8 Å². The maximum atomic E-state index is 12.7. The van der Waals surface area contributed by atoms with E-state index in [0.717, 1.165) is 19.3 Å². The first-order valence-corrected chi connectivity index (χ1v) is 8.25. The molecule has 18 heavy (non-hydrogen) atoms. The maximum absolute atomic E-state index is 12.7. The van der Waals surface area contributed by atoms with Crippen LogP contribution in [0.4, 0.5) is 0 Å². The number of hydrogen-bond donors (Lipinski definition) is 1. The van der Waals surface area contributed by atoms with E-state index in [-0.39, 0.29) is 5.25 Å². The Hall–Kier alpha value is -0.670. The normalized spacial score (nSPS) is 20.5. The molecule has 1 fully saturated rings. The summed E-state index contributed by atoms with van der Waals surface area (Å²) in [6.45, 7) is 0.609. The van der Waals surface area contributed by atoms with Crippen molar-refractivity contribution in [2.75, 3.05) is 6.54 Å². The Balaban J connectivity index is 2.11. The molecule has 1 saturated carbocycles. The predicted molar refractivity (Wildman–Crippen MR) is 77.9 cm³/mol. The van der Waals surface area contributed by atoms with Gasteiger partial charge in [-0.15, -0.1) is 0 Å². The van der Waals surface area contributed by atoms with Gasteiger partial charge >= 0.3 is 0 Å². The van der Waals surface area contributed by atoms with Crippen molar-refractivity contribution in [3.8, 4) is 0 Å². The Kier molecular flexibility index (Phi) is 5.39. The van der Waals surface area contributed by atoms with E-state index in [4.69, 9.17) is 5.73 Å². The van der Waals surface area contributed by atoms with Crippen LogP contribution in [-0.2, 0) is 10.8 Å². The molecule has 1 aliphatic carbocycles. The largest absolute Gasteiger partial charge is 0.330 e. The highest BCUT2D eigenvalue weighted by Crippen LogP contribution is 2.31. The molecule has 0 spiro atoms. The molecule has 3 heteroatoms. The lowest BCUT2D eigenvalue weighted by molar-refractivity contribution is 0.501. The highest BCUT2D eigenvalue weighted by atomic mass is 32.2. The predicted octanol–water partition coefficient (Wildman–Crippen LogP) is 3.16. The molecule has 2 atom stereocenters. The van der Waals surface area contributed by atoms with Gasteiger partial charge in [-0.05, 0) is 31.4 Å². The standard InChI is InChI=1S/C15H23NOS/c16-12-11-15(13-7-3-1-4-8-13)18(17)14-9-5-2-6-10-14/h1,3-4,7-8,14-15H,2,5-6,9-12,16H2. The molecule has 0 saturated heterocycles. The summed E-state index contributed by atoms with van der Waals surface area (Å²) >= 11 is 0. The van der Waals surface area contributed by atoms with Crippen LogP contribution in [0.3, 0.4) is 0 Å². The summed E-state index contributed by atoms with van der Waals surface area (Å²) in [7, 11) is -0.775. The molecule has 1 aliphatic rings. The van der Waals surface area contributed by atoms with Crippen molar-refractivity contribution in [3.63, 3.8) is 0 Å². The van der Waals surface area contributed by atoms with Crippen molar-refractivity contribution in [1.29, 1.82) is 0 Å². The number of nitrogens with two attached hydrogens (primary N) is 1. The smallest absolute Gasteiger partial charge is 0.0611 e. The monoisotopic (exact) mass is 265 g/mol. The lowest BCUT2D eigenvalue weighted by Crippen LogP contribution is -2.25. The van der Waals surface area contributed by atoms with E-state index in [9.17, 15) is 4.21 Å². The molecule has 0 heterocycles. The Morgan fingerprint density at radius 2 is 1.83 bits per heavy atom. The van der Waals surface area contributed by atoms with E-state index in [1.807, 2.05) is 18.2 Å². The zero-order valence-corrected chi connectivity index (χ0v) is 11.7. The summed E-state index contributed by atoms with van der Waals surface area (Å²) in [5, 5.41) is 0.509. The van der Waals surface area contributed by atoms with Crippen LogP contribution >= 0.6 is 0 Å². The fourth-order valence-corrected chi connectivity index (χ4v) is 4.82. The molecule has 0 aliphatic heterocycles. The van der Waals surface area contributed by atoms with Gasteiger partial charge in [0.15, 0.2) is 0 Å². The second kappa shape index (κ2) is 7.05. The second-order valence-electron chi connectivity index (χ2n) is 5.07. The highest BCUT2D eigenvalue weighted by molar-refractivity contribution is 7.85. The zero-order valence-electron chi connectivity index (χ0n) is 10.9. The van der Waals surface area contributed by atoms with Crippen molar-refractivity contribution >= 4 is 10.8 Å². The van der Waals surface area contributed by atoms with Crippen LogP contribution < -0.4 is 5.73 Å². The van der Waals surface area contributed by atoms with Gasteiger partial charge in [0.25, 0.3) is 0 Å². The lowest BCUT2D eigenvalue weighted by Gasteiger charge is -2.26. The molecule has 0 amide bonds. The molecule has 2 N–H and O–H groups in total. The van der Waals surface area contributed by atoms with Crippen LogP contribution in [0.5, 0.6) is 0 Å².